The Balaban J connectivity index is 3.46. The van der Waals surface area contributed by atoms with Crippen LogP contribution in [-0.2, 0) is 4.79 Å². The number of amides is 1. The zero-order chi connectivity index (χ0) is 50.6. The Morgan fingerprint density at radius 3 is 0.871 bits per heavy atom. The molecule has 0 bridgehead atoms. The summed E-state index contributed by atoms with van der Waals surface area (Å²) >= 11 is 0. The number of carbonyl (C=O) groups excluding carboxylic acids is 1. The van der Waals surface area contributed by atoms with Crippen LogP contribution in [0, 0.1) is 0 Å². The summed E-state index contributed by atoms with van der Waals surface area (Å²) in [5.41, 5.74) is 0. The molecule has 2 atom stereocenters. The second-order valence-corrected chi connectivity index (χ2v) is 21.8. The lowest BCUT2D eigenvalue weighted by Crippen LogP contribution is -2.45. The first-order valence-corrected chi connectivity index (χ1v) is 31.9. The topological polar surface area (TPSA) is 69.6 Å². The van der Waals surface area contributed by atoms with Crippen LogP contribution in [0.1, 0.15) is 348 Å². The number of nitrogens with one attached hydrogen (secondary N) is 1. The van der Waals surface area contributed by atoms with Crippen LogP contribution >= 0.6 is 0 Å². The highest BCUT2D eigenvalue weighted by Gasteiger charge is 2.18. The normalized spacial score (nSPS) is 13.0. The van der Waals surface area contributed by atoms with E-state index < -0.39 is 12.1 Å². The van der Waals surface area contributed by atoms with Gasteiger partial charge in [0.1, 0.15) is 0 Å². The van der Waals surface area contributed by atoms with Gasteiger partial charge in [-0.15, -0.1) is 0 Å². The third-order valence-corrected chi connectivity index (χ3v) is 14.8. The standard InChI is InChI=1S/C66H125NO3/c1-3-5-7-9-11-13-15-17-19-21-23-25-27-29-31-32-33-34-36-37-39-41-43-45-47-49-51-53-55-57-59-61-65(69)64(63-68)67-66(70)62-60-58-56-54-52-50-48-46-44-42-40-38-35-30-28-26-24-22-20-18-16-14-12-10-8-6-4-2/h16,18,22,24,28,30,59,61,64-65,68-69H,3-15,17,19-21,23,25-27,29,31-58,60,62-63H2,1-2H3,(H,67,70)/b18-16-,24-22-,30-28-,61-59+. The van der Waals surface area contributed by atoms with Gasteiger partial charge in [0, 0.05) is 6.42 Å². The van der Waals surface area contributed by atoms with Crippen LogP contribution in [-0.4, -0.2) is 34.9 Å². The molecule has 0 saturated heterocycles. The van der Waals surface area contributed by atoms with Crippen LogP contribution in [0.5, 0.6) is 0 Å². The van der Waals surface area contributed by atoms with Crippen molar-refractivity contribution >= 4 is 5.91 Å². The molecule has 4 heteroatoms. The van der Waals surface area contributed by atoms with Crippen molar-refractivity contribution in [2.24, 2.45) is 0 Å². The molecule has 0 radical (unpaired) electrons. The minimum absolute atomic E-state index is 0.0620. The second kappa shape index (κ2) is 61.6. The molecule has 4 nitrogen and oxygen atoms in total. The van der Waals surface area contributed by atoms with Gasteiger partial charge in [-0.05, 0) is 57.8 Å². The summed E-state index contributed by atoms with van der Waals surface area (Å²) in [6.07, 6.45) is 85.9. The number of aliphatic hydroxyl groups excluding tert-OH is 2. The smallest absolute Gasteiger partial charge is 0.220 e. The maximum absolute atomic E-state index is 12.5. The average molecular weight is 981 g/mol. The minimum atomic E-state index is -0.843. The van der Waals surface area contributed by atoms with Crippen molar-refractivity contribution in [2.75, 3.05) is 6.61 Å². The van der Waals surface area contributed by atoms with Gasteiger partial charge in [-0.2, -0.15) is 0 Å². The fraction of sp³-hybridized carbons (Fsp3) is 0.864. The molecule has 0 fully saturated rings. The van der Waals surface area contributed by atoms with Crippen LogP contribution in [0.15, 0.2) is 48.6 Å². The fourth-order valence-corrected chi connectivity index (χ4v) is 9.96. The molecule has 3 N–H and O–H groups in total. The molecule has 70 heavy (non-hydrogen) atoms. The molecule has 0 saturated carbocycles. The minimum Gasteiger partial charge on any atom is -0.394 e. The molecular weight excluding hydrogens is 855 g/mol. The van der Waals surface area contributed by atoms with E-state index in [-0.39, 0.29) is 12.5 Å². The molecule has 0 aliphatic rings. The number of carbonyl (C=O) groups is 1. The highest BCUT2D eigenvalue weighted by Crippen LogP contribution is 2.18. The van der Waals surface area contributed by atoms with E-state index in [9.17, 15) is 15.0 Å². The zero-order valence-electron chi connectivity index (χ0n) is 47.6. The zero-order valence-corrected chi connectivity index (χ0v) is 47.6. The van der Waals surface area contributed by atoms with Crippen LogP contribution in [0.2, 0.25) is 0 Å². The van der Waals surface area contributed by atoms with E-state index in [1.165, 1.54) is 289 Å². The van der Waals surface area contributed by atoms with E-state index in [4.69, 9.17) is 0 Å². The van der Waals surface area contributed by atoms with Crippen molar-refractivity contribution in [3.8, 4) is 0 Å². The van der Waals surface area contributed by atoms with Crippen molar-refractivity contribution in [1.82, 2.24) is 5.32 Å². The van der Waals surface area contributed by atoms with Crippen LogP contribution in [0.4, 0.5) is 0 Å². The van der Waals surface area contributed by atoms with Crippen LogP contribution in [0.3, 0.4) is 0 Å². The van der Waals surface area contributed by atoms with Gasteiger partial charge in [0.05, 0.1) is 18.8 Å². The van der Waals surface area contributed by atoms with Crippen molar-refractivity contribution in [2.45, 2.75) is 360 Å². The van der Waals surface area contributed by atoms with E-state index in [2.05, 4.69) is 55.6 Å². The number of allylic oxidation sites excluding steroid dienone is 7. The molecule has 0 aromatic rings. The van der Waals surface area contributed by atoms with Gasteiger partial charge < -0.3 is 15.5 Å². The van der Waals surface area contributed by atoms with Gasteiger partial charge in [-0.3, -0.25) is 4.79 Å². The van der Waals surface area contributed by atoms with Gasteiger partial charge >= 0.3 is 0 Å². The first-order valence-electron chi connectivity index (χ1n) is 31.9. The lowest BCUT2D eigenvalue weighted by Gasteiger charge is -2.20. The molecule has 0 spiro atoms. The van der Waals surface area contributed by atoms with Crippen molar-refractivity contribution in [3.63, 3.8) is 0 Å². The van der Waals surface area contributed by atoms with Crippen molar-refractivity contribution < 1.29 is 15.0 Å². The van der Waals surface area contributed by atoms with E-state index in [1.54, 1.807) is 6.08 Å². The molecule has 412 valence electrons. The van der Waals surface area contributed by atoms with Gasteiger partial charge in [0.25, 0.3) is 0 Å². The third kappa shape index (κ3) is 57.3. The van der Waals surface area contributed by atoms with Crippen LogP contribution in [0.25, 0.3) is 0 Å². The second-order valence-electron chi connectivity index (χ2n) is 21.8. The van der Waals surface area contributed by atoms with Crippen LogP contribution < -0.4 is 5.32 Å². The first kappa shape index (κ1) is 68.4. The molecular formula is C66H125NO3. The molecule has 2 unspecified atom stereocenters. The Labute approximate surface area is 439 Å². The summed E-state index contributed by atoms with van der Waals surface area (Å²) in [6, 6.07) is -0.626. The Hall–Kier alpha value is -1.65. The summed E-state index contributed by atoms with van der Waals surface area (Å²) in [4.78, 5) is 12.5. The number of aliphatic hydroxyl groups is 2. The van der Waals surface area contributed by atoms with E-state index in [0.717, 1.165) is 38.5 Å². The summed E-state index contributed by atoms with van der Waals surface area (Å²) in [5, 5.41) is 23.3. The predicted molar refractivity (Wildman–Crippen MR) is 313 cm³/mol. The monoisotopic (exact) mass is 980 g/mol. The highest BCUT2D eigenvalue weighted by molar-refractivity contribution is 5.76. The van der Waals surface area contributed by atoms with Gasteiger partial charge in [0.2, 0.25) is 5.91 Å². The fourth-order valence-electron chi connectivity index (χ4n) is 9.96. The Bertz CT molecular complexity index is 1110. The molecule has 0 aliphatic heterocycles. The molecule has 0 aromatic heterocycles. The Morgan fingerprint density at radius 1 is 0.343 bits per heavy atom. The highest BCUT2D eigenvalue weighted by atomic mass is 16.3. The largest absolute Gasteiger partial charge is 0.394 e. The number of hydrogen-bond acceptors (Lipinski definition) is 3. The maximum Gasteiger partial charge on any atom is 0.220 e. The van der Waals surface area contributed by atoms with Gasteiger partial charge in [-0.25, -0.2) is 0 Å². The molecule has 0 rings (SSSR count). The summed E-state index contributed by atoms with van der Waals surface area (Å²) in [6.45, 7) is 4.33. The number of rotatable bonds is 59. The van der Waals surface area contributed by atoms with Gasteiger partial charge in [0.15, 0.2) is 0 Å². The lowest BCUT2D eigenvalue weighted by atomic mass is 10.0. The van der Waals surface area contributed by atoms with E-state index in [1.807, 2.05) is 6.08 Å². The first-order chi connectivity index (χ1) is 34.7. The quantitative estimate of drug-likeness (QED) is 0.0420. The summed E-state index contributed by atoms with van der Waals surface area (Å²) in [5.74, 6) is -0.0620. The molecule has 0 aromatic carbocycles. The van der Waals surface area contributed by atoms with Gasteiger partial charge in [-0.1, -0.05) is 332 Å². The maximum atomic E-state index is 12.5. The van der Waals surface area contributed by atoms with E-state index in [0.29, 0.717) is 6.42 Å². The predicted octanol–water partition coefficient (Wildman–Crippen LogP) is 21.4. The average Bonchev–Trinajstić information content (AvgIpc) is 3.36. The summed E-state index contributed by atoms with van der Waals surface area (Å²) < 4.78 is 0. The summed E-state index contributed by atoms with van der Waals surface area (Å²) in [7, 11) is 0. The lowest BCUT2D eigenvalue weighted by molar-refractivity contribution is -0.123. The van der Waals surface area contributed by atoms with E-state index >= 15 is 0 Å². The molecule has 1 amide bonds. The van der Waals surface area contributed by atoms with Crippen molar-refractivity contribution in [3.05, 3.63) is 48.6 Å². The Morgan fingerprint density at radius 2 is 0.586 bits per heavy atom. The SMILES string of the molecule is CCCCCCC/C=C\C/C=C\C/C=C\CCCCCCCCCCCCCCC(=O)NC(CO)C(O)/C=C/CCCCCCCCCCCCCCCCCCCCCCCCCCCCCCC. The molecule has 0 aliphatic carbocycles. The molecule has 0 heterocycles. The number of hydrogen-bond donors (Lipinski definition) is 3. The Kier molecular flexibility index (Phi) is 60.2. The van der Waals surface area contributed by atoms with Crippen molar-refractivity contribution in [1.29, 1.82) is 0 Å². The number of unbranched alkanes of at least 4 members (excludes halogenated alkanes) is 46. The third-order valence-electron chi connectivity index (χ3n) is 14.8.